The van der Waals surface area contributed by atoms with Gasteiger partial charge in [-0.1, -0.05) is 28.1 Å². The molecule has 1 heterocycles. The zero-order valence-corrected chi connectivity index (χ0v) is 10.1. The van der Waals surface area contributed by atoms with Gasteiger partial charge >= 0.3 is 0 Å². The molecule has 0 saturated heterocycles. The Labute approximate surface area is 92.3 Å². The van der Waals surface area contributed by atoms with Gasteiger partial charge in [-0.2, -0.15) is 0 Å². The van der Waals surface area contributed by atoms with Crippen LogP contribution in [-0.2, 0) is 0 Å². The summed E-state index contributed by atoms with van der Waals surface area (Å²) in [7, 11) is 0. The van der Waals surface area contributed by atoms with Crippen LogP contribution in [0.3, 0.4) is 0 Å². The van der Waals surface area contributed by atoms with Gasteiger partial charge in [-0.25, -0.2) is 0 Å². The number of fused-ring (bicyclic) bond motifs is 1. The quantitative estimate of drug-likeness (QED) is 0.690. The van der Waals surface area contributed by atoms with Gasteiger partial charge in [-0.3, -0.25) is 4.98 Å². The third-order valence-electron chi connectivity index (χ3n) is 2.58. The van der Waals surface area contributed by atoms with E-state index in [4.69, 9.17) is 0 Å². The molecule has 0 unspecified atom stereocenters. The van der Waals surface area contributed by atoms with E-state index in [2.05, 4.69) is 53.0 Å². The van der Waals surface area contributed by atoms with Crippen LogP contribution in [0.15, 0.2) is 22.7 Å². The molecule has 2 heteroatoms. The molecule has 0 aliphatic carbocycles. The molecule has 0 radical (unpaired) electrons. The van der Waals surface area contributed by atoms with Crippen molar-refractivity contribution >= 4 is 26.8 Å². The van der Waals surface area contributed by atoms with Crippen LogP contribution in [0.4, 0.5) is 0 Å². The van der Waals surface area contributed by atoms with E-state index in [1.807, 2.05) is 6.92 Å². The molecule has 0 aliphatic heterocycles. The number of nitrogens with zero attached hydrogens (tertiary/aromatic N) is 1. The fraction of sp³-hybridized carbons (Fsp3) is 0.250. The molecule has 0 aliphatic rings. The van der Waals surface area contributed by atoms with Crippen LogP contribution < -0.4 is 0 Å². The zero-order valence-electron chi connectivity index (χ0n) is 8.56. The lowest BCUT2D eigenvalue weighted by Gasteiger charge is -2.07. The van der Waals surface area contributed by atoms with Gasteiger partial charge in [0.15, 0.2) is 0 Å². The Balaban J connectivity index is 2.95. The van der Waals surface area contributed by atoms with Crippen molar-refractivity contribution in [1.29, 1.82) is 0 Å². The average Bonchev–Trinajstić information content (AvgIpc) is 2.12. The maximum absolute atomic E-state index is 4.57. The van der Waals surface area contributed by atoms with Crippen molar-refractivity contribution in [3.63, 3.8) is 0 Å². The summed E-state index contributed by atoms with van der Waals surface area (Å²) in [6.07, 6.45) is 0. The molecule has 0 saturated carbocycles. The standard InChI is InChI=1S/C12H12BrN/c1-7-4-5-10-11(13)6-8(2)14-12(10)9(7)3/h4-6H,1-3H3. The van der Waals surface area contributed by atoms with Gasteiger partial charge < -0.3 is 0 Å². The minimum atomic E-state index is 1.05. The van der Waals surface area contributed by atoms with Crippen molar-refractivity contribution in [1.82, 2.24) is 4.98 Å². The van der Waals surface area contributed by atoms with E-state index in [1.165, 1.54) is 16.5 Å². The number of benzene rings is 1. The van der Waals surface area contributed by atoms with E-state index in [0.29, 0.717) is 0 Å². The number of hydrogen-bond acceptors (Lipinski definition) is 1. The number of halogens is 1. The predicted molar refractivity (Wildman–Crippen MR) is 63.7 cm³/mol. The average molecular weight is 250 g/mol. The van der Waals surface area contributed by atoms with Crippen molar-refractivity contribution in [2.75, 3.05) is 0 Å². The van der Waals surface area contributed by atoms with Crippen LogP contribution in [0.25, 0.3) is 10.9 Å². The molecule has 1 aromatic heterocycles. The molecular formula is C12H12BrN. The molecule has 0 fully saturated rings. The van der Waals surface area contributed by atoms with Gasteiger partial charge in [0.05, 0.1) is 5.52 Å². The first-order valence-corrected chi connectivity index (χ1v) is 5.42. The Morgan fingerprint density at radius 1 is 1.14 bits per heavy atom. The highest BCUT2D eigenvalue weighted by molar-refractivity contribution is 9.10. The Bertz CT molecular complexity index is 503. The van der Waals surface area contributed by atoms with Crippen molar-refractivity contribution < 1.29 is 0 Å². The highest BCUT2D eigenvalue weighted by Crippen LogP contribution is 2.27. The fourth-order valence-electron chi connectivity index (χ4n) is 1.61. The zero-order chi connectivity index (χ0) is 10.3. The molecule has 1 aromatic carbocycles. The fourth-order valence-corrected chi connectivity index (χ4v) is 2.26. The van der Waals surface area contributed by atoms with Gasteiger partial charge in [-0.15, -0.1) is 0 Å². The SMILES string of the molecule is Cc1cc(Br)c2ccc(C)c(C)c2n1. The monoisotopic (exact) mass is 249 g/mol. The van der Waals surface area contributed by atoms with Crippen LogP contribution >= 0.6 is 15.9 Å². The maximum Gasteiger partial charge on any atom is 0.0748 e. The summed E-state index contributed by atoms with van der Waals surface area (Å²) in [6, 6.07) is 6.31. The second-order valence-corrected chi connectivity index (χ2v) is 4.50. The lowest BCUT2D eigenvalue weighted by molar-refractivity contribution is 1.22. The van der Waals surface area contributed by atoms with Crippen molar-refractivity contribution in [2.24, 2.45) is 0 Å². The minimum absolute atomic E-state index is 1.05. The summed E-state index contributed by atoms with van der Waals surface area (Å²) < 4.78 is 1.13. The third-order valence-corrected chi connectivity index (χ3v) is 3.24. The van der Waals surface area contributed by atoms with Gasteiger partial charge in [0.1, 0.15) is 0 Å². The van der Waals surface area contributed by atoms with E-state index < -0.39 is 0 Å². The topological polar surface area (TPSA) is 12.9 Å². The van der Waals surface area contributed by atoms with Gasteiger partial charge in [0.25, 0.3) is 0 Å². The summed E-state index contributed by atoms with van der Waals surface area (Å²) in [6.45, 7) is 6.26. The van der Waals surface area contributed by atoms with Crippen LogP contribution in [0.1, 0.15) is 16.8 Å². The maximum atomic E-state index is 4.57. The van der Waals surface area contributed by atoms with E-state index >= 15 is 0 Å². The molecule has 0 bridgehead atoms. The van der Waals surface area contributed by atoms with E-state index in [-0.39, 0.29) is 0 Å². The molecule has 2 rings (SSSR count). The molecular weight excluding hydrogens is 238 g/mol. The first-order valence-electron chi connectivity index (χ1n) is 4.62. The molecule has 14 heavy (non-hydrogen) atoms. The van der Waals surface area contributed by atoms with Gasteiger partial charge in [0, 0.05) is 15.6 Å². The first-order chi connectivity index (χ1) is 6.59. The largest absolute Gasteiger partial charge is 0.253 e. The second kappa shape index (κ2) is 3.35. The van der Waals surface area contributed by atoms with Crippen LogP contribution in [0.5, 0.6) is 0 Å². The van der Waals surface area contributed by atoms with Crippen molar-refractivity contribution in [3.8, 4) is 0 Å². The van der Waals surface area contributed by atoms with E-state index in [1.54, 1.807) is 0 Å². The summed E-state index contributed by atoms with van der Waals surface area (Å²) in [5.41, 5.74) is 4.73. The van der Waals surface area contributed by atoms with Crippen LogP contribution in [0.2, 0.25) is 0 Å². The number of pyridine rings is 1. The van der Waals surface area contributed by atoms with Crippen LogP contribution in [0, 0.1) is 20.8 Å². The summed E-state index contributed by atoms with van der Waals surface area (Å²) >= 11 is 3.57. The molecule has 0 amide bonds. The van der Waals surface area contributed by atoms with Crippen LogP contribution in [-0.4, -0.2) is 4.98 Å². The normalized spacial score (nSPS) is 10.9. The van der Waals surface area contributed by atoms with Gasteiger partial charge in [-0.05, 0) is 38.0 Å². The highest BCUT2D eigenvalue weighted by atomic mass is 79.9. The Hall–Kier alpha value is -0.890. The number of hydrogen-bond donors (Lipinski definition) is 0. The molecule has 72 valence electrons. The number of aromatic nitrogens is 1. The van der Waals surface area contributed by atoms with Crippen molar-refractivity contribution in [2.45, 2.75) is 20.8 Å². The molecule has 0 atom stereocenters. The minimum Gasteiger partial charge on any atom is -0.253 e. The summed E-state index contributed by atoms with van der Waals surface area (Å²) in [5.74, 6) is 0. The summed E-state index contributed by atoms with van der Waals surface area (Å²) in [5, 5.41) is 1.19. The Morgan fingerprint density at radius 3 is 2.57 bits per heavy atom. The number of aryl methyl sites for hydroxylation is 3. The lowest BCUT2D eigenvalue weighted by atomic mass is 10.1. The lowest BCUT2D eigenvalue weighted by Crippen LogP contribution is -1.90. The Morgan fingerprint density at radius 2 is 1.86 bits per heavy atom. The molecule has 1 nitrogen and oxygen atoms in total. The molecule has 0 spiro atoms. The van der Waals surface area contributed by atoms with E-state index in [0.717, 1.165) is 15.7 Å². The molecule has 0 N–H and O–H groups in total. The first kappa shape index (κ1) is 9.66. The summed E-state index contributed by atoms with van der Waals surface area (Å²) in [4.78, 5) is 4.57. The molecule has 2 aromatic rings. The second-order valence-electron chi connectivity index (χ2n) is 3.65. The Kier molecular flexibility index (Phi) is 2.31. The number of rotatable bonds is 0. The van der Waals surface area contributed by atoms with E-state index in [9.17, 15) is 0 Å². The smallest absolute Gasteiger partial charge is 0.0748 e. The van der Waals surface area contributed by atoms with Gasteiger partial charge in [0.2, 0.25) is 0 Å². The third kappa shape index (κ3) is 1.44. The predicted octanol–water partition coefficient (Wildman–Crippen LogP) is 3.92. The van der Waals surface area contributed by atoms with Crippen molar-refractivity contribution in [3.05, 3.63) is 39.5 Å². The highest BCUT2D eigenvalue weighted by Gasteiger charge is 2.05.